The first-order valence-electron chi connectivity index (χ1n) is 4.08. The average molecular weight is 204 g/mol. The SMILES string of the molecule is N#Cc1cc2ccc(N)c(CO)c2s1. The Labute approximate surface area is 85.0 Å². The molecule has 2 rings (SSSR count). The third kappa shape index (κ3) is 1.23. The maximum absolute atomic E-state index is 9.14. The van der Waals surface area contributed by atoms with Crippen molar-refractivity contribution in [2.45, 2.75) is 6.61 Å². The molecule has 1 aromatic heterocycles. The lowest BCUT2D eigenvalue weighted by Crippen LogP contribution is -1.93. The van der Waals surface area contributed by atoms with Gasteiger partial charge in [-0.3, -0.25) is 0 Å². The fourth-order valence-electron chi connectivity index (χ4n) is 1.39. The number of anilines is 1. The highest BCUT2D eigenvalue weighted by atomic mass is 32.1. The van der Waals surface area contributed by atoms with Crippen LogP contribution in [0, 0.1) is 11.3 Å². The Kier molecular flexibility index (Phi) is 2.12. The molecule has 3 N–H and O–H groups in total. The summed E-state index contributed by atoms with van der Waals surface area (Å²) in [7, 11) is 0. The lowest BCUT2D eigenvalue weighted by molar-refractivity contribution is 0.284. The van der Waals surface area contributed by atoms with Gasteiger partial charge in [0, 0.05) is 16.0 Å². The number of fused-ring (bicyclic) bond motifs is 1. The number of thiophene rings is 1. The molecule has 0 amide bonds. The Morgan fingerprint density at radius 1 is 1.50 bits per heavy atom. The summed E-state index contributed by atoms with van der Waals surface area (Å²) in [5, 5.41) is 18.8. The van der Waals surface area contributed by atoms with Crippen molar-refractivity contribution >= 4 is 27.1 Å². The van der Waals surface area contributed by atoms with Crippen LogP contribution in [0.2, 0.25) is 0 Å². The minimum Gasteiger partial charge on any atom is -0.398 e. The molecule has 0 aliphatic heterocycles. The fourth-order valence-corrected chi connectivity index (χ4v) is 2.40. The van der Waals surface area contributed by atoms with E-state index in [0.717, 1.165) is 10.1 Å². The number of hydrogen-bond donors (Lipinski definition) is 2. The van der Waals surface area contributed by atoms with Crippen LogP contribution in [-0.4, -0.2) is 5.11 Å². The summed E-state index contributed by atoms with van der Waals surface area (Å²) < 4.78 is 0.907. The van der Waals surface area contributed by atoms with Crippen molar-refractivity contribution in [3.8, 4) is 6.07 Å². The van der Waals surface area contributed by atoms with Crippen LogP contribution in [0.5, 0.6) is 0 Å². The number of nitrogen functional groups attached to an aromatic ring is 1. The minimum absolute atomic E-state index is 0.0887. The number of benzene rings is 1. The van der Waals surface area contributed by atoms with Gasteiger partial charge in [-0.2, -0.15) is 5.26 Å². The van der Waals surface area contributed by atoms with Gasteiger partial charge in [-0.05, 0) is 17.5 Å². The molecule has 1 heterocycles. The minimum atomic E-state index is -0.0887. The molecule has 0 aliphatic rings. The molecule has 0 bridgehead atoms. The molecule has 2 aromatic rings. The second kappa shape index (κ2) is 3.29. The maximum atomic E-state index is 9.14. The predicted molar refractivity (Wildman–Crippen MR) is 56.9 cm³/mol. The third-order valence-electron chi connectivity index (χ3n) is 2.09. The van der Waals surface area contributed by atoms with Gasteiger partial charge in [0.1, 0.15) is 10.9 Å². The maximum Gasteiger partial charge on any atom is 0.110 e. The van der Waals surface area contributed by atoms with Crippen LogP contribution in [0.1, 0.15) is 10.4 Å². The van der Waals surface area contributed by atoms with Crippen molar-refractivity contribution in [3.05, 3.63) is 28.6 Å². The van der Waals surface area contributed by atoms with Crippen LogP contribution in [0.15, 0.2) is 18.2 Å². The summed E-state index contributed by atoms with van der Waals surface area (Å²) in [5.41, 5.74) is 7.00. The number of hydrogen-bond acceptors (Lipinski definition) is 4. The summed E-state index contributed by atoms with van der Waals surface area (Å²) in [5.74, 6) is 0. The zero-order valence-corrected chi connectivity index (χ0v) is 8.14. The van der Waals surface area contributed by atoms with E-state index in [1.54, 1.807) is 12.1 Å². The van der Waals surface area contributed by atoms with E-state index in [9.17, 15) is 0 Å². The number of nitrogens with zero attached hydrogens (tertiary/aromatic N) is 1. The number of nitrogens with two attached hydrogens (primary N) is 1. The van der Waals surface area contributed by atoms with Gasteiger partial charge in [-0.1, -0.05) is 6.07 Å². The molecular formula is C10H8N2OS. The van der Waals surface area contributed by atoms with Crippen molar-refractivity contribution in [3.63, 3.8) is 0 Å². The molecule has 0 aliphatic carbocycles. The zero-order valence-electron chi connectivity index (χ0n) is 7.32. The number of rotatable bonds is 1. The molecule has 14 heavy (non-hydrogen) atoms. The molecule has 0 saturated carbocycles. The predicted octanol–water partition coefficient (Wildman–Crippen LogP) is 1.85. The summed E-state index contributed by atoms with van der Waals surface area (Å²) in [6.07, 6.45) is 0. The second-order valence-electron chi connectivity index (χ2n) is 2.93. The molecule has 70 valence electrons. The quantitative estimate of drug-likeness (QED) is 0.696. The van der Waals surface area contributed by atoms with Gasteiger partial charge in [-0.15, -0.1) is 11.3 Å². The molecule has 4 heteroatoms. The van der Waals surface area contributed by atoms with Crippen LogP contribution in [0.3, 0.4) is 0 Å². The van der Waals surface area contributed by atoms with E-state index in [2.05, 4.69) is 6.07 Å². The van der Waals surface area contributed by atoms with Crippen LogP contribution < -0.4 is 5.73 Å². The first kappa shape index (κ1) is 9.00. The fraction of sp³-hybridized carbons (Fsp3) is 0.100. The van der Waals surface area contributed by atoms with Crippen LogP contribution in [0.4, 0.5) is 5.69 Å². The van der Waals surface area contributed by atoms with Gasteiger partial charge in [0.2, 0.25) is 0 Å². The normalized spacial score (nSPS) is 10.3. The molecule has 0 radical (unpaired) electrons. The molecule has 0 spiro atoms. The Morgan fingerprint density at radius 2 is 2.29 bits per heavy atom. The van der Waals surface area contributed by atoms with E-state index >= 15 is 0 Å². The Morgan fingerprint density at radius 3 is 2.93 bits per heavy atom. The summed E-state index contributed by atoms with van der Waals surface area (Å²) in [6, 6.07) is 7.50. The van der Waals surface area contributed by atoms with E-state index in [0.29, 0.717) is 16.1 Å². The summed E-state index contributed by atoms with van der Waals surface area (Å²) in [4.78, 5) is 0.639. The largest absolute Gasteiger partial charge is 0.398 e. The lowest BCUT2D eigenvalue weighted by atomic mass is 10.1. The highest BCUT2D eigenvalue weighted by Gasteiger charge is 2.08. The van der Waals surface area contributed by atoms with Crippen LogP contribution in [0.25, 0.3) is 10.1 Å². The zero-order chi connectivity index (χ0) is 10.1. The van der Waals surface area contributed by atoms with Gasteiger partial charge in [0.05, 0.1) is 6.61 Å². The monoisotopic (exact) mass is 204 g/mol. The topological polar surface area (TPSA) is 70.0 Å². The molecule has 0 atom stereocenters. The summed E-state index contributed by atoms with van der Waals surface area (Å²) in [6.45, 7) is -0.0887. The molecular weight excluding hydrogens is 196 g/mol. The van der Waals surface area contributed by atoms with Crippen molar-refractivity contribution in [2.75, 3.05) is 5.73 Å². The number of aliphatic hydroxyl groups excluding tert-OH is 1. The third-order valence-corrected chi connectivity index (χ3v) is 3.21. The first-order valence-corrected chi connectivity index (χ1v) is 4.89. The Balaban J connectivity index is 2.81. The lowest BCUT2D eigenvalue weighted by Gasteiger charge is -2.02. The smallest absolute Gasteiger partial charge is 0.110 e. The van der Waals surface area contributed by atoms with E-state index in [1.807, 2.05) is 6.07 Å². The molecule has 0 unspecified atom stereocenters. The van der Waals surface area contributed by atoms with E-state index in [1.165, 1.54) is 11.3 Å². The molecule has 1 aromatic carbocycles. The van der Waals surface area contributed by atoms with E-state index < -0.39 is 0 Å². The van der Waals surface area contributed by atoms with E-state index in [4.69, 9.17) is 16.1 Å². The standard InChI is InChI=1S/C10H8N2OS/c11-4-7-3-6-1-2-9(12)8(5-13)10(6)14-7/h1-3,13H,5,12H2. The van der Waals surface area contributed by atoms with Crippen molar-refractivity contribution in [2.24, 2.45) is 0 Å². The van der Waals surface area contributed by atoms with Crippen LogP contribution in [-0.2, 0) is 6.61 Å². The molecule has 0 fully saturated rings. The van der Waals surface area contributed by atoms with Crippen molar-refractivity contribution < 1.29 is 5.11 Å². The van der Waals surface area contributed by atoms with Gasteiger partial charge >= 0.3 is 0 Å². The first-order chi connectivity index (χ1) is 6.76. The molecule has 0 saturated heterocycles. The van der Waals surface area contributed by atoms with Crippen molar-refractivity contribution in [1.82, 2.24) is 0 Å². The van der Waals surface area contributed by atoms with Crippen LogP contribution >= 0.6 is 11.3 Å². The number of aliphatic hydroxyl groups is 1. The average Bonchev–Trinajstić information content (AvgIpc) is 2.60. The van der Waals surface area contributed by atoms with Crippen molar-refractivity contribution in [1.29, 1.82) is 5.26 Å². The molecule has 3 nitrogen and oxygen atoms in total. The van der Waals surface area contributed by atoms with Gasteiger partial charge in [-0.25, -0.2) is 0 Å². The number of nitriles is 1. The second-order valence-corrected chi connectivity index (χ2v) is 3.98. The summed E-state index contributed by atoms with van der Waals surface area (Å²) >= 11 is 1.36. The van der Waals surface area contributed by atoms with Gasteiger partial charge < -0.3 is 10.8 Å². The van der Waals surface area contributed by atoms with Gasteiger partial charge in [0.25, 0.3) is 0 Å². The highest BCUT2D eigenvalue weighted by Crippen LogP contribution is 2.31. The van der Waals surface area contributed by atoms with Gasteiger partial charge in [0.15, 0.2) is 0 Å². The highest BCUT2D eigenvalue weighted by molar-refractivity contribution is 7.19. The Bertz CT molecular complexity index is 525. The Hall–Kier alpha value is -1.57. The van der Waals surface area contributed by atoms with E-state index in [-0.39, 0.29) is 6.61 Å².